The minimum Gasteiger partial charge on any atom is -0.393 e. The molecule has 0 radical (unpaired) electrons. The first-order valence-electron chi connectivity index (χ1n) is 5.04. The smallest absolute Gasteiger partial charge is 0.232 e. The van der Waals surface area contributed by atoms with E-state index in [1.165, 1.54) is 4.90 Å². The fourth-order valence-electron chi connectivity index (χ4n) is 1.63. The van der Waals surface area contributed by atoms with Crippen LogP contribution >= 0.6 is 0 Å². The van der Waals surface area contributed by atoms with Gasteiger partial charge in [0.2, 0.25) is 11.8 Å². The molecule has 0 aromatic heterocycles. The monoisotopic (exact) mass is 199 g/mol. The Morgan fingerprint density at radius 1 is 1.57 bits per heavy atom. The number of carbonyl (C=O) groups excluding carboxylic acids is 2. The van der Waals surface area contributed by atoms with Crippen molar-refractivity contribution in [2.45, 2.75) is 39.2 Å². The van der Waals surface area contributed by atoms with Gasteiger partial charge in [-0.1, -0.05) is 6.92 Å². The Kier molecular flexibility index (Phi) is 3.63. The number of imide groups is 1. The molecule has 1 aliphatic heterocycles. The summed E-state index contributed by atoms with van der Waals surface area (Å²) in [7, 11) is 0. The van der Waals surface area contributed by atoms with Crippen molar-refractivity contribution >= 4 is 11.8 Å². The van der Waals surface area contributed by atoms with Crippen LogP contribution in [-0.4, -0.2) is 34.5 Å². The number of carbonyl (C=O) groups is 2. The maximum atomic E-state index is 11.4. The maximum Gasteiger partial charge on any atom is 0.232 e. The van der Waals surface area contributed by atoms with Crippen molar-refractivity contribution in [2.24, 2.45) is 5.92 Å². The molecule has 4 heteroatoms. The van der Waals surface area contributed by atoms with E-state index in [0.29, 0.717) is 25.8 Å². The molecule has 0 spiro atoms. The fourth-order valence-corrected chi connectivity index (χ4v) is 1.63. The minimum atomic E-state index is -0.361. The molecule has 1 heterocycles. The van der Waals surface area contributed by atoms with Crippen molar-refractivity contribution in [3.05, 3.63) is 0 Å². The summed E-state index contributed by atoms with van der Waals surface area (Å²) < 4.78 is 0. The molecule has 14 heavy (non-hydrogen) atoms. The first-order chi connectivity index (χ1) is 6.52. The average Bonchev–Trinajstić information content (AvgIpc) is 2.31. The SMILES string of the molecule is CC(O)CCCN1C(=O)CC(C)C1=O. The normalized spacial score (nSPS) is 24.5. The van der Waals surface area contributed by atoms with Gasteiger partial charge in [-0.3, -0.25) is 14.5 Å². The molecule has 0 aromatic carbocycles. The van der Waals surface area contributed by atoms with Gasteiger partial charge in [-0.25, -0.2) is 0 Å². The Hall–Kier alpha value is -0.900. The molecular formula is C10H17NO3. The van der Waals surface area contributed by atoms with Crippen LogP contribution in [0.15, 0.2) is 0 Å². The Bertz CT molecular complexity index is 238. The fraction of sp³-hybridized carbons (Fsp3) is 0.800. The third-order valence-electron chi connectivity index (χ3n) is 2.47. The van der Waals surface area contributed by atoms with Crippen LogP contribution in [0.5, 0.6) is 0 Å². The van der Waals surface area contributed by atoms with Crippen LogP contribution in [0.4, 0.5) is 0 Å². The first kappa shape index (κ1) is 11.2. The highest BCUT2D eigenvalue weighted by atomic mass is 16.3. The van der Waals surface area contributed by atoms with Crippen LogP contribution in [0.1, 0.15) is 33.1 Å². The summed E-state index contributed by atoms with van der Waals surface area (Å²) in [6, 6.07) is 0. The molecule has 1 N–H and O–H groups in total. The Balaban J connectivity index is 2.37. The lowest BCUT2D eigenvalue weighted by molar-refractivity contribution is -0.139. The molecule has 1 aliphatic rings. The second-order valence-electron chi connectivity index (χ2n) is 3.98. The lowest BCUT2D eigenvalue weighted by Crippen LogP contribution is -2.31. The maximum absolute atomic E-state index is 11.4. The summed E-state index contributed by atoms with van der Waals surface area (Å²) in [5.74, 6) is -0.303. The molecule has 2 amide bonds. The molecule has 0 aromatic rings. The molecule has 80 valence electrons. The van der Waals surface area contributed by atoms with Gasteiger partial charge in [0.15, 0.2) is 0 Å². The minimum absolute atomic E-state index is 0.0689. The molecule has 0 bridgehead atoms. The summed E-state index contributed by atoms with van der Waals surface area (Å²) in [6.45, 7) is 3.93. The van der Waals surface area contributed by atoms with Crippen LogP contribution in [0.25, 0.3) is 0 Å². The summed E-state index contributed by atoms with van der Waals surface area (Å²) in [5, 5.41) is 9.02. The largest absolute Gasteiger partial charge is 0.393 e. The Morgan fingerprint density at radius 2 is 2.21 bits per heavy atom. The lowest BCUT2D eigenvalue weighted by atomic mass is 10.1. The van der Waals surface area contributed by atoms with Crippen molar-refractivity contribution in [1.82, 2.24) is 4.90 Å². The zero-order chi connectivity index (χ0) is 10.7. The first-order valence-corrected chi connectivity index (χ1v) is 5.04. The second-order valence-corrected chi connectivity index (χ2v) is 3.98. The number of amides is 2. The van der Waals surface area contributed by atoms with E-state index in [9.17, 15) is 9.59 Å². The topological polar surface area (TPSA) is 57.6 Å². The Labute approximate surface area is 83.9 Å². The number of aliphatic hydroxyl groups excluding tert-OH is 1. The van der Waals surface area contributed by atoms with Crippen molar-refractivity contribution in [2.75, 3.05) is 6.54 Å². The summed E-state index contributed by atoms with van der Waals surface area (Å²) in [6.07, 6.45) is 1.29. The van der Waals surface area contributed by atoms with E-state index < -0.39 is 0 Å². The highest BCUT2D eigenvalue weighted by molar-refractivity contribution is 6.03. The Morgan fingerprint density at radius 3 is 2.64 bits per heavy atom. The van der Waals surface area contributed by atoms with Gasteiger partial charge in [0.1, 0.15) is 0 Å². The molecular weight excluding hydrogens is 182 g/mol. The molecule has 2 atom stereocenters. The summed E-state index contributed by atoms with van der Waals surface area (Å²) in [5.41, 5.74) is 0. The quantitative estimate of drug-likeness (QED) is 0.672. The van der Waals surface area contributed by atoms with Crippen molar-refractivity contribution < 1.29 is 14.7 Å². The van der Waals surface area contributed by atoms with Crippen molar-refractivity contribution in [3.8, 4) is 0 Å². The zero-order valence-electron chi connectivity index (χ0n) is 8.69. The van der Waals surface area contributed by atoms with E-state index >= 15 is 0 Å². The zero-order valence-corrected chi connectivity index (χ0v) is 8.69. The predicted octanol–water partition coefficient (Wildman–Crippen LogP) is 0.542. The number of hydrogen-bond donors (Lipinski definition) is 1. The number of aliphatic hydroxyl groups is 1. The predicted molar refractivity (Wildman–Crippen MR) is 51.4 cm³/mol. The number of rotatable bonds is 4. The van der Waals surface area contributed by atoms with Gasteiger partial charge < -0.3 is 5.11 Å². The van der Waals surface area contributed by atoms with Crippen molar-refractivity contribution in [1.29, 1.82) is 0 Å². The van der Waals surface area contributed by atoms with Gasteiger partial charge in [0.25, 0.3) is 0 Å². The summed E-state index contributed by atoms with van der Waals surface area (Å²) in [4.78, 5) is 24.1. The van der Waals surface area contributed by atoms with Crippen LogP contribution < -0.4 is 0 Å². The molecule has 1 fully saturated rings. The van der Waals surface area contributed by atoms with E-state index in [4.69, 9.17) is 5.11 Å². The van der Waals surface area contributed by atoms with Crippen LogP contribution in [0.2, 0.25) is 0 Å². The molecule has 0 saturated carbocycles. The van der Waals surface area contributed by atoms with E-state index in [2.05, 4.69) is 0 Å². The van der Waals surface area contributed by atoms with Gasteiger partial charge in [-0.05, 0) is 19.8 Å². The van der Waals surface area contributed by atoms with E-state index in [0.717, 1.165) is 0 Å². The number of likely N-dealkylation sites (tertiary alicyclic amines) is 1. The molecule has 1 rings (SSSR count). The molecule has 4 nitrogen and oxygen atoms in total. The van der Waals surface area contributed by atoms with Gasteiger partial charge in [0.05, 0.1) is 6.10 Å². The molecule has 1 saturated heterocycles. The van der Waals surface area contributed by atoms with Crippen LogP contribution in [-0.2, 0) is 9.59 Å². The highest BCUT2D eigenvalue weighted by Gasteiger charge is 2.34. The highest BCUT2D eigenvalue weighted by Crippen LogP contribution is 2.19. The number of nitrogens with zero attached hydrogens (tertiary/aromatic N) is 1. The van der Waals surface area contributed by atoms with Crippen molar-refractivity contribution in [3.63, 3.8) is 0 Å². The second kappa shape index (κ2) is 4.55. The summed E-state index contributed by atoms with van der Waals surface area (Å²) >= 11 is 0. The van der Waals surface area contributed by atoms with Gasteiger partial charge in [0, 0.05) is 18.9 Å². The van der Waals surface area contributed by atoms with E-state index in [1.54, 1.807) is 13.8 Å². The third-order valence-corrected chi connectivity index (χ3v) is 2.47. The van der Waals surface area contributed by atoms with Gasteiger partial charge in [-0.2, -0.15) is 0 Å². The average molecular weight is 199 g/mol. The number of hydrogen-bond acceptors (Lipinski definition) is 3. The van der Waals surface area contributed by atoms with Gasteiger partial charge >= 0.3 is 0 Å². The molecule has 0 aliphatic carbocycles. The molecule has 2 unspecified atom stereocenters. The van der Waals surface area contributed by atoms with E-state index in [1.807, 2.05) is 0 Å². The van der Waals surface area contributed by atoms with Gasteiger partial charge in [-0.15, -0.1) is 0 Å². The lowest BCUT2D eigenvalue weighted by Gasteiger charge is -2.14. The van der Waals surface area contributed by atoms with Crippen LogP contribution in [0.3, 0.4) is 0 Å². The standard InChI is InChI=1S/C10H17NO3/c1-7-6-9(13)11(10(7)14)5-3-4-8(2)12/h7-8,12H,3-6H2,1-2H3. The third kappa shape index (κ3) is 2.54. The van der Waals surface area contributed by atoms with E-state index in [-0.39, 0.29) is 23.8 Å². The van der Waals surface area contributed by atoms with Crippen LogP contribution in [0, 0.1) is 5.92 Å².